The van der Waals surface area contributed by atoms with Gasteiger partial charge in [-0.05, 0) is 31.5 Å². The molecule has 1 aromatic heterocycles. The molecule has 88 valence electrons. The molecule has 1 N–H and O–H groups in total. The molecule has 4 nitrogen and oxygen atoms in total. The molecule has 1 fully saturated rings. The van der Waals surface area contributed by atoms with Crippen LogP contribution in [0.5, 0.6) is 0 Å². The van der Waals surface area contributed by atoms with E-state index in [0.717, 1.165) is 19.4 Å². The van der Waals surface area contributed by atoms with Crippen molar-refractivity contribution < 1.29 is 8.91 Å². The lowest BCUT2D eigenvalue weighted by atomic mass is 10.2. The maximum absolute atomic E-state index is 13.5. The predicted molar refractivity (Wildman–Crippen MR) is 59.7 cm³/mol. The number of hydrogen-bond acceptors (Lipinski definition) is 4. The van der Waals surface area contributed by atoms with Crippen LogP contribution in [0.3, 0.4) is 0 Å². The summed E-state index contributed by atoms with van der Waals surface area (Å²) in [6.45, 7) is 0.960. The van der Waals surface area contributed by atoms with Gasteiger partial charge in [0, 0.05) is 0 Å². The summed E-state index contributed by atoms with van der Waals surface area (Å²) in [5, 5.41) is 7.09. The Morgan fingerprint density at radius 2 is 2.24 bits per heavy atom. The Hall–Kier alpha value is -1.75. The van der Waals surface area contributed by atoms with Crippen molar-refractivity contribution in [1.29, 1.82) is 0 Å². The van der Waals surface area contributed by atoms with Gasteiger partial charge in [-0.25, -0.2) is 4.39 Å². The highest BCUT2D eigenvalue weighted by atomic mass is 19.1. The molecule has 0 radical (unpaired) electrons. The van der Waals surface area contributed by atoms with Crippen molar-refractivity contribution in [2.24, 2.45) is 0 Å². The summed E-state index contributed by atoms with van der Waals surface area (Å²) >= 11 is 0. The normalized spacial score (nSPS) is 19.7. The third-order valence-electron chi connectivity index (χ3n) is 2.91. The Balaban J connectivity index is 1.92. The molecule has 0 aliphatic carbocycles. The highest BCUT2D eigenvalue weighted by Gasteiger charge is 2.23. The molecule has 2 aromatic rings. The Morgan fingerprint density at radius 3 is 3.00 bits per heavy atom. The van der Waals surface area contributed by atoms with Crippen molar-refractivity contribution in [3.05, 3.63) is 36.0 Å². The van der Waals surface area contributed by atoms with Crippen LogP contribution >= 0.6 is 0 Å². The van der Waals surface area contributed by atoms with E-state index in [1.807, 2.05) is 0 Å². The number of hydrogen-bond donors (Lipinski definition) is 1. The van der Waals surface area contributed by atoms with Crippen LogP contribution in [0, 0.1) is 5.82 Å². The van der Waals surface area contributed by atoms with Crippen LogP contribution in [0.25, 0.3) is 11.4 Å². The molecular formula is C12H12FN3O. The molecular weight excluding hydrogens is 221 g/mol. The van der Waals surface area contributed by atoms with Gasteiger partial charge in [0.05, 0.1) is 11.6 Å². The van der Waals surface area contributed by atoms with Crippen molar-refractivity contribution in [2.45, 2.75) is 18.9 Å². The van der Waals surface area contributed by atoms with Crippen LogP contribution in [0.15, 0.2) is 28.8 Å². The summed E-state index contributed by atoms with van der Waals surface area (Å²) in [5.41, 5.74) is 0.375. The van der Waals surface area contributed by atoms with E-state index in [0.29, 0.717) is 17.3 Å². The lowest BCUT2D eigenvalue weighted by molar-refractivity contribution is 0.345. The minimum absolute atomic E-state index is 0.114. The van der Waals surface area contributed by atoms with Crippen LogP contribution in [0.4, 0.5) is 4.39 Å². The molecule has 1 aliphatic rings. The third-order valence-corrected chi connectivity index (χ3v) is 2.91. The average molecular weight is 233 g/mol. The molecule has 0 amide bonds. The van der Waals surface area contributed by atoms with Crippen LogP contribution in [-0.4, -0.2) is 16.7 Å². The molecule has 1 aromatic carbocycles. The van der Waals surface area contributed by atoms with E-state index in [-0.39, 0.29) is 11.9 Å². The van der Waals surface area contributed by atoms with E-state index >= 15 is 0 Å². The zero-order valence-corrected chi connectivity index (χ0v) is 9.19. The van der Waals surface area contributed by atoms with Crippen LogP contribution in [0.1, 0.15) is 24.8 Å². The molecule has 0 saturated carbocycles. The summed E-state index contributed by atoms with van der Waals surface area (Å²) in [5.74, 6) is 0.520. The van der Waals surface area contributed by atoms with Gasteiger partial charge in [0.15, 0.2) is 0 Å². The maximum Gasteiger partial charge on any atom is 0.244 e. The molecule has 5 heteroatoms. The lowest BCUT2D eigenvalue weighted by Crippen LogP contribution is -2.12. The molecule has 0 spiro atoms. The fraction of sp³-hybridized carbons (Fsp3) is 0.333. The zero-order chi connectivity index (χ0) is 11.7. The molecule has 1 atom stereocenters. The molecule has 1 aliphatic heterocycles. The topological polar surface area (TPSA) is 51.0 Å². The molecule has 17 heavy (non-hydrogen) atoms. The van der Waals surface area contributed by atoms with E-state index in [9.17, 15) is 4.39 Å². The van der Waals surface area contributed by atoms with E-state index in [2.05, 4.69) is 15.5 Å². The first kappa shape index (κ1) is 10.4. The average Bonchev–Trinajstić information content (AvgIpc) is 3.00. The van der Waals surface area contributed by atoms with Crippen LogP contribution in [-0.2, 0) is 0 Å². The molecule has 1 unspecified atom stereocenters. The fourth-order valence-corrected chi connectivity index (χ4v) is 2.02. The van der Waals surface area contributed by atoms with E-state index in [4.69, 9.17) is 4.52 Å². The van der Waals surface area contributed by atoms with Gasteiger partial charge in [-0.3, -0.25) is 0 Å². The van der Waals surface area contributed by atoms with Gasteiger partial charge in [-0.1, -0.05) is 17.3 Å². The Bertz CT molecular complexity index is 520. The van der Waals surface area contributed by atoms with Crippen molar-refractivity contribution in [3.63, 3.8) is 0 Å². The van der Waals surface area contributed by atoms with Gasteiger partial charge >= 0.3 is 0 Å². The van der Waals surface area contributed by atoms with Gasteiger partial charge in [0.1, 0.15) is 5.82 Å². The van der Waals surface area contributed by atoms with Gasteiger partial charge in [0.25, 0.3) is 0 Å². The summed E-state index contributed by atoms with van der Waals surface area (Å²) in [4.78, 5) is 4.24. The van der Waals surface area contributed by atoms with Gasteiger partial charge in [0.2, 0.25) is 11.7 Å². The summed E-state index contributed by atoms with van der Waals surface area (Å²) in [6, 6.07) is 6.54. The quantitative estimate of drug-likeness (QED) is 0.864. The second-order valence-electron chi connectivity index (χ2n) is 4.09. The fourth-order valence-electron chi connectivity index (χ4n) is 2.02. The van der Waals surface area contributed by atoms with Crippen LogP contribution < -0.4 is 5.32 Å². The largest absolute Gasteiger partial charge is 0.337 e. The van der Waals surface area contributed by atoms with Gasteiger partial charge in [-0.15, -0.1) is 0 Å². The van der Waals surface area contributed by atoms with E-state index < -0.39 is 0 Å². The SMILES string of the molecule is Fc1ccccc1-c1noc(C2CCCN2)n1. The number of nitrogens with zero attached hydrogens (tertiary/aromatic N) is 2. The summed E-state index contributed by atoms with van der Waals surface area (Å²) in [7, 11) is 0. The smallest absolute Gasteiger partial charge is 0.244 e. The Morgan fingerprint density at radius 1 is 1.35 bits per heavy atom. The molecule has 1 saturated heterocycles. The Kier molecular flexibility index (Phi) is 2.60. The monoisotopic (exact) mass is 233 g/mol. The minimum atomic E-state index is -0.334. The van der Waals surface area contributed by atoms with Crippen molar-refractivity contribution in [1.82, 2.24) is 15.5 Å². The zero-order valence-electron chi connectivity index (χ0n) is 9.19. The summed E-state index contributed by atoms with van der Waals surface area (Å²) in [6.07, 6.45) is 2.08. The van der Waals surface area contributed by atoms with Crippen LogP contribution in [0.2, 0.25) is 0 Å². The minimum Gasteiger partial charge on any atom is -0.337 e. The van der Waals surface area contributed by atoms with Crippen molar-refractivity contribution in [3.8, 4) is 11.4 Å². The van der Waals surface area contributed by atoms with Gasteiger partial charge < -0.3 is 9.84 Å². The first-order valence-electron chi connectivity index (χ1n) is 5.66. The number of halogens is 1. The number of nitrogens with one attached hydrogen (secondary N) is 1. The lowest BCUT2D eigenvalue weighted by Gasteiger charge is -2.01. The molecule has 2 heterocycles. The van der Waals surface area contributed by atoms with E-state index in [1.54, 1.807) is 18.2 Å². The second kappa shape index (κ2) is 4.25. The Labute approximate surface area is 97.8 Å². The highest BCUT2D eigenvalue weighted by molar-refractivity contribution is 5.54. The third kappa shape index (κ3) is 1.93. The molecule has 3 rings (SSSR count). The first-order chi connectivity index (χ1) is 8.34. The highest BCUT2D eigenvalue weighted by Crippen LogP contribution is 2.25. The standard InChI is InChI=1S/C12H12FN3O/c13-9-5-2-1-4-8(9)11-15-12(17-16-11)10-6-3-7-14-10/h1-2,4-5,10,14H,3,6-7H2. The molecule has 0 bridgehead atoms. The summed E-state index contributed by atoms with van der Waals surface area (Å²) < 4.78 is 18.7. The van der Waals surface area contributed by atoms with Crippen molar-refractivity contribution >= 4 is 0 Å². The van der Waals surface area contributed by atoms with Crippen molar-refractivity contribution in [2.75, 3.05) is 6.54 Å². The van der Waals surface area contributed by atoms with E-state index in [1.165, 1.54) is 6.07 Å². The first-order valence-corrected chi connectivity index (χ1v) is 5.66. The second-order valence-corrected chi connectivity index (χ2v) is 4.09. The predicted octanol–water partition coefficient (Wildman–Crippen LogP) is 2.30. The van der Waals surface area contributed by atoms with Gasteiger partial charge in [-0.2, -0.15) is 4.98 Å². The number of benzene rings is 1. The number of rotatable bonds is 2. The number of aromatic nitrogens is 2. The maximum atomic E-state index is 13.5.